The van der Waals surface area contributed by atoms with Crippen molar-refractivity contribution in [1.29, 1.82) is 0 Å². The lowest BCUT2D eigenvalue weighted by Crippen LogP contribution is -2.13. The molecule has 1 aromatic heterocycles. The molecule has 0 unspecified atom stereocenters. The molecule has 0 aliphatic heterocycles. The minimum atomic E-state index is -3.04. The van der Waals surface area contributed by atoms with Crippen molar-refractivity contribution in [2.45, 2.75) is 26.5 Å². The second-order valence-electron chi connectivity index (χ2n) is 2.58. The highest BCUT2D eigenvalue weighted by molar-refractivity contribution is 5.22. The van der Waals surface area contributed by atoms with E-state index in [-0.39, 0.29) is 5.88 Å². The van der Waals surface area contributed by atoms with Crippen molar-refractivity contribution >= 4 is 0 Å². The molecule has 1 rings (SSSR count). The van der Waals surface area contributed by atoms with Gasteiger partial charge in [-0.15, -0.1) is 0 Å². The van der Waals surface area contributed by atoms with Crippen LogP contribution in [0.15, 0.2) is 6.20 Å². The largest absolute Gasteiger partial charge is 0.417 e. The van der Waals surface area contributed by atoms with Gasteiger partial charge in [-0.05, 0) is 6.92 Å². The van der Waals surface area contributed by atoms with Crippen LogP contribution in [0.1, 0.15) is 5.56 Å². The molecular formula is C7H8F4N2O. The van der Waals surface area contributed by atoms with Gasteiger partial charge in [0.25, 0.3) is 6.43 Å². The van der Waals surface area contributed by atoms with Crippen LogP contribution < -0.4 is 4.74 Å². The summed E-state index contributed by atoms with van der Waals surface area (Å²) in [6.45, 7) is -2.34. The Morgan fingerprint density at radius 2 is 2.07 bits per heavy atom. The van der Waals surface area contributed by atoms with Gasteiger partial charge in [0.1, 0.15) is 6.54 Å². The third-order valence-electron chi connectivity index (χ3n) is 1.47. The number of ether oxygens (including phenoxy) is 1. The Hall–Kier alpha value is -1.27. The van der Waals surface area contributed by atoms with Gasteiger partial charge in [-0.25, -0.2) is 13.5 Å². The Morgan fingerprint density at radius 3 is 2.57 bits per heavy atom. The van der Waals surface area contributed by atoms with Crippen LogP contribution in [0.2, 0.25) is 0 Å². The van der Waals surface area contributed by atoms with E-state index in [4.69, 9.17) is 0 Å². The highest BCUT2D eigenvalue weighted by Crippen LogP contribution is 2.20. The Morgan fingerprint density at radius 1 is 1.43 bits per heavy atom. The van der Waals surface area contributed by atoms with Crippen molar-refractivity contribution in [3.05, 3.63) is 11.8 Å². The summed E-state index contributed by atoms with van der Waals surface area (Å²) >= 11 is 0. The van der Waals surface area contributed by atoms with Crippen LogP contribution in [0, 0.1) is 6.92 Å². The van der Waals surface area contributed by atoms with Crippen LogP contribution in [0.4, 0.5) is 17.6 Å². The smallest absolute Gasteiger partial charge is 0.388 e. The van der Waals surface area contributed by atoms with Crippen LogP contribution in [0.25, 0.3) is 0 Å². The normalized spacial score (nSPS) is 11.4. The molecule has 0 saturated heterocycles. The first-order chi connectivity index (χ1) is 6.50. The predicted molar refractivity (Wildman–Crippen MR) is 39.6 cm³/mol. The van der Waals surface area contributed by atoms with E-state index >= 15 is 0 Å². The number of hydrogen-bond acceptors (Lipinski definition) is 2. The quantitative estimate of drug-likeness (QED) is 0.714. The van der Waals surface area contributed by atoms with Crippen molar-refractivity contribution in [1.82, 2.24) is 9.78 Å². The Kier molecular flexibility index (Phi) is 3.32. The van der Waals surface area contributed by atoms with Crippen molar-refractivity contribution in [2.24, 2.45) is 0 Å². The lowest BCUT2D eigenvalue weighted by atomic mass is 10.4. The number of nitrogens with zero attached hydrogens (tertiary/aromatic N) is 2. The molecule has 0 aliphatic carbocycles. The fraction of sp³-hybridized carbons (Fsp3) is 0.571. The van der Waals surface area contributed by atoms with Crippen molar-refractivity contribution < 1.29 is 22.3 Å². The third-order valence-corrected chi connectivity index (χ3v) is 1.47. The van der Waals surface area contributed by atoms with Gasteiger partial charge in [0.15, 0.2) is 0 Å². The van der Waals surface area contributed by atoms with E-state index < -0.39 is 19.6 Å². The van der Waals surface area contributed by atoms with Crippen LogP contribution in [-0.2, 0) is 6.54 Å². The zero-order valence-electron chi connectivity index (χ0n) is 7.25. The van der Waals surface area contributed by atoms with E-state index in [1.165, 1.54) is 13.1 Å². The third kappa shape index (κ3) is 2.61. The highest BCUT2D eigenvalue weighted by atomic mass is 19.3. The first kappa shape index (κ1) is 10.8. The summed E-state index contributed by atoms with van der Waals surface area (Å²) in [5.41, 5.74) is 0.297. The molecule has 3 nitrogen and oxygen atoms in total. The van der Waals surface area contributed by atoms with Gasteiger partial charge in [0.2, 0.25) is 5.88 Å². The number of aryl methyl sites for hydroxylation is 1. The molecule has 0 amide bonds. The van der Waals surface area contributed by atoms with E-state index in [2.05, 4.69) is 9.84 Å². The fourth-order valence-electron chi connectivity index (χ4n) is 0.966. The van der Waals surface area contributed by atoms with Gasteiger partial charge in [0, 0.05) is 5.56 Å². The molecule has 14 heavy (non-hydrogen) atoms. The van der Waals surface area contributed by atoms with Gasteiger partial charge in [-0.3, -0.25) is 0 Å². The van der Waals surface area contributed by atoms with E-state index in [1.807, 2.05) is 0 Å². The number of alkyl halides is 4. The fourth-order valence-corrected chi connectivity index (χ4v) is 0.966. The minimum Gasteiger partial charge on any atom is -0.417 e. The minimum absolute atomic E-state index is 0.297. The van der Waals surface area contributed by atoms with Gasteiger partial charge in [-0.2, -0.15) is 13.9 Å². The van der Waals surface area contributed by atoms with Crippen LogP contribution in [-0.4, -0.2) is 22.8 Å². The zero-order chi connectivity index (χ0) is 10.7. The predicted octanol–water partition coefficient (Wildman–Crippen LogP) is 2.06. The van der Waals surface area contributed by atoms with E-state index in [1.54, 1.807) is 0 Å². The van der Waals surface area contributed by atoms with E-state index in [0.717, 1.165) is 0 Å². The summed E-state index contributed by atoms with van der Waals surface area (Å²) in [6, 6.07) is 0. The molecular weight excluding hydrogens is 204 g/mol. The van der Waals surface area contributed by atoms with Gasteiger partial charge in [-0.1, -0.05) is 0 Å². The average Bonchev–Trinajstić information content (AvgIpc) is 2.34. The Labute approximate surface area is 77.3 Å². The second kappa shape index (κ2) is 4.30. The van der Waals surface area contributed by atoms with Crippen molar-refractivity contribution in [3.8, 4) is 5.88 Å². The van der Waals surface area contributed by atoms with Crippen LogP contribution >= 0.6 is 0 Å². The number of rotatable bonds is 4. The van der Waals surface area contributed by atoms with Gasteiger partial charge >= 0.3 is 6.61 Å². The molecule has 1 heterocycles. The number of hydrogen-bond donors (Lipinski definition) is 0. The molecule has 0 aromatic carbocycles. The lowest BCUT2D eigenvalue weighted by molar-refractivity contribution is -0.0577. The first-order valence-electron chi connectivity index (χ1n) is 3.76. The van der Waals surface area contributed by atoms with E-state index in [9.17, 15) is 17.6 Å². The Bertz CT molecular complexity index is 300. The number of halogens is 4. The monoisotopic (exact) mass is 212 g/mol. The first-order valence-corrected chi connectivity index (χ1v) is 3.76. The molecule has 0 saturated carbocycles. The molecule has 0 fully saturated rings. The summed E-state index contributed by atoms with van der Waals surface area (Å²) in [6.07, 6.45) is -1.46. The molecule has 7 heteroatoms. The summed E-state index contributed by atoms with van der Waals surface area (Å²) in [5, 5.41) is 3.49. The molecule has 1 aromatic rings. The summed E-state index contributed by atoms with van der Waals surface area (Å²) in [4.78, 5) is 0. The van der Waals surface area contributed by atoms with Crippen LogP contribution in [0.5, 0.6) is 5.88 Å². The maximum atomic E-state index is 11.9. The molecule has 0 radical (unpaired) electrons. The molecule has 0 aliphatic rings. The second-order valence-corrected chi connectivity index (χ2v) is 2.58. The van der Waals surface area contributed by atoms with Crippen molar-refractivity contribution in [3.63, 3.8) is 0 Å². The Balaban J connectivity index is 2.82. The molecule has 0 spiro atoms. The lowest BCUT2D eigenvalue weighted by Gasteiger charge is -2.08. The molecule has 0 atom stereocenters. The molecule has 0 bridgehead atoms. The summed E-state index contributed by atoms with van der Waals surface area (Å²) < 4.78 is 52.3. The molecule has 0 N–H and O–H groups in total. The maximum Gasteiger partial charge on any atom is 0.388 e. The topological polar surface area (TPSA) is 27.1 Å². The van der Waals surface area contributed by atoms with Gasteiger partial charge in [0.05, 0.1) is 6.20 Å². The summed E-state index contributed by atoms with van der Waals surface area (Å²) in [7, 11) is 0. The highest BCUT2D eigenvalue weighted by Gasteiger charge is 2.16. The average molecular weight is 212 g/mol. The standard InChI is InChI=1S/C7H8F4N2O/c1-4-2-12-13(3-5(8)9)6(4)14-7(10)11/h2,5,7H,3H2,1H3. The SMILES string of the molecule is Cc1cnn(CC(F)F)c1OC(F)F. The number of aromatic nitrogens is 2. The van der Waals surface area contributed by atoms with Crippen molar-refractivity contribution in [2.75, 3.05) is 0 Å². The van der Waals surface area contributed by atoms with E-state index in [0.29, 0.717) is 10.2 Å². The van der Waals surface area contributed by atoms with Gasteiger partial charge < -0.3 is 4.74 Å². The molecule has 80 valence electrons. The zero-order valence-corrected chi connectivity index (χ0v) is 7.25. The van der Waals surface area contributed by atoms with Crippen LogP contribution in [0.3, 0.4) is 0 Å². The summed E-state index contributed by atoms with van der Waals surface area (Å²) in [5.74, 6) is -0.319. The maximum absolute atomic E-state index is 11.9.